The molecule has 0 unspecified atom stereocenters. The summed E-state index contributed by atoms with van der Waals surface area (Å²) in [5.41, 5.74) is 0.253. The van der Waals surface area contributed by atoms with Crippen molar-refractivity contribution in [2.24, 2.45) is 0 Å². The van der Waals surface area contributed by atoms with Gasteiger partial charge in [0, 0.05) is 11.8 Å². The number of hydrogen-bond donors (Lipinski definition) is 1. The summed E-state index contributed by atoms with van der Waals surface area (Å²) in [7, 11) is 0. The van der Waals surface area contributed by atoms with Crippen molar-refractivity contribution in [3.63, 3.8) is 0 Å². The summed E-state index contributed by atoms with van der Waals surface area (Å²) in [5, 5.41) is 12.3. The van der Waals surface area contributed by atoms with Crippen molar-refractivity contribution in [1.82, 2.24) is 0 Å². The van der Waals surface area contributed by atoms with Crippen LogP contribution < -0.4 is 10.4 Å². The molecule has 0 heterocycles. The van der Waals surface area contributed by atoms with Crippen molar-refractivity contribution in [2.75, 3.05) is 5.32 Å². The lowest BCUT2D eigenvalue weighted by Gasteiger charge is -2.01. The molecule has 1 aromatic carbocycles. The van der Waals surface area contributed by atoms with Crippen molar-refractivity contribution < 1.29 is 19.1 Å². The summed E-state index contributed by atoms with van der Waals surface area (Å²) in [6.45, 7) is 0. The molecule has 0 radical (unpaired) electrons. The van der Waals surface area contributed by atoms with Crippen LogP contribution in [0.1, 0.15) is 0 Å². The van der Waals surface area contributed by atoms with Crippen LogP contribution in [0.25, 0.3) is 0 Å². The first kappa shape index (κ1) is 10.9. The van der Waals surface area contributed by atoms with Gasteiger partial charge in [-0.2, -0.15) is 0 Å². The maximum atomic E-state index is 12.7. The quantitative estimate of drug-likeness (QED) is 0.714. The second-order valence-electron chi connectivity index (χ2n) is 2.65. The van der Waals surface area contributed by atoms with Gasteiger partial charge in [-0.3, -0.25) is 4.79 Å². The van der Waals surface area contributed by atoms with Gasteiger partial charge in [-0.05, 0) is 24.3 Å². The molecule has 0 aliphatic rings. The van der Waals surface area contributed by atoms with Crippen LogP contribution in [0.5, 0.6) is 0 Å². The summed E-state index contributed by atoms with van der Waals surface area (Å²) in [6.07, 6.45) is 1.38. The number of amides is 1. The van der Waals surface area contributed by atoms with E-state index < -0.39 is 17.7 Å². The summed E-state index contributed by atoms with van der Waals surface area (Å²) < 4.78 is 12.7. The smallest absolute Gasteiger partial charge is 0.248 e. The third kappa shape index (κ3) is 4.04. The monoisotopic (exact) mass is 208 g/mol. The number of nitrogens with one attached hydrogen (secondary N) is 1. The van der Waals surface area contributed by atoms with Crippen LogP contribution in [0.3, 0.4) is 0 Å². The van der Waals surface area contributed by atoms with E-state index in [1.165, 1.54) is 18.2 Å². The molecule has 1 N–H and O–H groups in total. The first-order valence-corrected chi connectivity index (χ1v) is 4.03. The highest BCUT2D eigenvalue weighted by Gasteiger charge is 1.98. The first-order chi connectivity index (χ1) is 7.08. The molecule has 5 heteroatoms. The number of aliphatic carboxylic acids is 1. The van der Waals surface area contributed by atoms with E-state index in [-0.39, 0.29) is 5.69 Å². The molecule has 0 fully saturated rings. The highest BCUT2D eigenvalue weighted by atomic mass is 19.1. The third-order valence-electron chi connectivity index (χ3n) is 1.46. The van der Waals surface area contributed by atoms with E-state index in [1.54, 1.807) is 0 Å². The maximum Gasteiger partial charge on any atom is 0.248 e. The van der Waals surface area contributed by atoms with Crippen molar-refractivity contribution >= 4 is 17.6 Å². The molecule has 0 aromatic heterocycles. The van der Waals surface area contributed by atoms with Gasteiger partial charge in [0.2, 0.25) is 5.91 Å². The zero-order valence-corrected chi connectivity index (χ0v) is 7.57. The number of carboxylic acid groups (broad SMARTS) is 1. The molecule has 78 valence electrons. The summed E-state index contributed by atoms with van der Waals surface area (Å²) >= 11 is 0. The Balaban J connectivity index is 2.63. The van der Waals surface area contributed by atoms with Crippen molar-refractivity contribution in [2.45, 2.75) is 0 Å². The average Bonchev–Trinajstić information content (AvgIpc) is 2.15. The van der Waals surface area contributed by atoms with Gasteiger partial charge in [0.25, 0.3) is 0 Å². The zero-order chi connectivity index (χ0) is 11.3. The lowest BCUT2D eigenvalue weighted by molar-refractivity contribution is -0.297. The van der Waals surface area contributed by atoms with E-state index in [2.05, 4.69) is 5.32 Å². The molecule has 0 spiro atoms. The Morgan fingerprint density at radius 1 is 1.33 bits per heavy atom. The lowest BCUT2D eigenvalue weighted by atomic mass is 10.3. The Morgan fingerprint density at radius 2 is 2.07 bits per heavy atom. The minimum atomic E-state index is -1.47. The molecular weight excluding hydrogens is 201 g/mol. The van der Waals surface area contributed by atoms with Crippen LogP contribution in [-0.2, 0) is 9.59 Å². The lowest BCUT2D eigenvalue weighted by Crippen LogP contribution is -2.20. The first-order valence-electron chi connectivity index (χ1n) is 4.03. The minimum Gasteiger partial charge on any atom is -0.545 e. The molecular formula is C10H7FNO3-. The number of carbonyl (C=O) groups excluding carboxylic acids is 2. The van der Waals surface area contributed by atoms with Gasteiger partial charge in [-0.15, -0.1) is 0 Å². The van der Waals surface area contributed by atoms with E-state index in [0.717, 1.165) is 12.1 Å². The van der Waals surface area contributed by atoms with Gasteiger partial charge in [0.05, 0.1) is 5.97 Å². The van der Waals surface area contributed by atoms with E-state index in [0.29, 0.717) is 6.08 Å². The number of anilines is 1. The van der Waals surface area contributed by atoms with Crippen LogP contribution in [-0.4, -0.2) is 11.9 Å². The van der Waals surface area contributed by atoms with E-state index in [1.807, 2.05) is 0 Å². The van der Waals surface area contributed by atoms with Gasteiger partial charge in [0.1, 0.15) is 5.82 Å². The zero-order valence-electron chi connectivity index (χ0n) is 7.57. The SMILES string of the molecule is O=C([O-])C=CC(=O)Nc1cccc(F)c1. The minimum absolute atomic E-state index is 0.253. The largest absolute Gasteiger partial charge is 0.545 e. The van der Waals surface area contributed by atoms with Crippen LogP contribution in [0.15, 0.2) is 36.4 Å². The summed E-state index contributed by atoms with van der Waals surface area (Å²) in [4.78, 5) is 21.0. The van der Waals surface area contributed by atoms with Gasteiger partial charge in [-0.1, -0.05) is 6.07 Å². The number of carbonyl (C=O) groups is 2. The number of halogens is 1. The number of benzene rings is 1. The standard InChI is InChI=1S/C10H8FNO3/c11-7-2-1-3-8(6-7)12-9(13)4-5-10(14)15/h1-6H,(H,12,13)(H,14,15)/p-1. The molecule has 0 atom stereocenters. The molecule has 0 bridgehead atoms. The molecule has 15 heavy (non-hydrogen) atoms. The topological polar surface area (TPSA) is 69.2 Å². The highest BCUT2D eigenvalue weighted by Crippen LogP contribution is 2.08. The van der Waals surface area contributed by atoms with Crippen LogP contribution in [0, 0.1) is 5.82 Å². The van der Waals surface area contributed by atoms with Crippen LogP contribution >= 0.6 is 0 Å². The molecule has 0 aliphatic heterocycles. The van der Waals surface area contributed by atoms with Crippen molar-refractivity contribution in [3.8, 4) is 0 Å². The van der Waals surface area contributed by atoms with Gasteiger partial charge in [-0.25, -0.2) is 4.39 Å². The Kier molecular flexibility index (Phi) is 3.56. The van der Waals surface area contributed by atoms with Gasteiger partial charge in [0.15, 0.2) is 0 Å². The number of rotatable bonds is 3. The van der Waals surface area contributed by atoms with Gasteiger partial charge < -0.3 is 15.2 Å². The predicted molar refractivity (Wildman–Crippen MR) is 49.2 cm³/mol. The van der Waals surface area contributed by atoms with E-state index in [4.69, 9.17) is 0 Å². The Hall–Kier alpha value is -2.17. The van der Waals surface area contributed by atoms with E-state index >= 15 is 0 Å². The second-order valence-corrected chi connectivity index (χ2v) is 2.65. The van der Waals surface area contributed by atoms with Crippen molar-refractivity contribution in [1.29, 1.82) is 0 Å². The van der Waals surface area contributed by atoms with Crippen LogP contribution in [0.4, 0.5) is 10.1 Å². The molecule has 1 amide bonds. The van der Waals surface area contributed by atoms with Crippen LogP contribution in [0.2, 0.25) is 0 Å². The summed E-state index contributed by atoms with van der Waals surface area (Å²) in [5.74, 6) is -2.62. The Morgan fingerprint density at radius 3 is 2.67 bits per heavy atom. The van der Waals surface area contributed by atoms with E-state index in [9.17, 15) is 19.1 Å². The second kappa shape index (κ2) is 4.90. The normalized spacial score (nSPS) is 10.2. The summed E-state index contributed by atoms with van der Waals surface area (Å²) in [6, 6.07) is 5.25. The third-order valence-corrected chi connectivity index (χ3v) is 1.46. The fourth-order valence-electron chi connectivity index (χ4n) is 0.894. The number of carboxylic acids is 1. The molecule has 1 rings (SSSR count). The number of hydrogen-bond acceptors (Lipinski definition) is 3. The molecule has 0 saturated heterocycles. The maximum absolute atomic E-state index is 12.7. The molecule has 0 saturated carbocycles. The highest BCUT2D eigenvalue weighted by molar-refractivity contribution is 6.01. The predicted octanol–water partition coefficient (Wildman–Crippen LogP) is 0.0703. The molecule has 4 nitrogen and oxygen atoms in total. The Bertz CT molecular complexity index is 415. The van der Waals surface area contributed by atoms with Gasteiger partial charge >= 0.3 is 0 Å². The fraction of sp³-hybridized carbons (Fsp3) is 0. The molecule has 1 aromatic rings. The van der Waals surface area contributed by atoms with Crippen molar-refractivity contribution in [3.05, 3.63) is 42.2 Å². The fourth-order valence-corrected chi connectivity index (χ4v) is 0.894. The Labute approximate surface area is 85.0 Å². The molecule has 0 aliphatic carbocycles. The average molecular weight is 208 g/mol.